The van der Waals surface area contributed by atoms with Gasteiger partial charge in [-0.25, -0.2) is 0 Å². The highest BCUT2D eigenvalue weighted by atomic mass is 14.3. The van der Waals surface area contributed by atoms with Crippen LogP contribution >= 0.6 is 0 Å². The van der Waals surface area contributed by atoms with Gasteiger partial charge in [0.05, 0.1) is 0 Å². The van der Waals surface area contributed by atoms with Crippen molar-refractivity contribution in [2.75, 3.05) is 0 Å². The summed E-state index contributed by atoms with van der Waals surface area (Å²) in [7, 11) is 0. The van der Waals surface area contributed by atoms with E-state index in [0.717, 1.165) is 5.92 Å². The SMILES string of the molecule is CCCCCCCCC(CCCCCC)CC(C)(CCCCCC)CCCCCCCC. The second-order valence-electron chi connectivity index (χ2n) is 11.6. The molecule has 0 amide bonds. The van der Waals surface area contributed by atoms with Crippen LogP contribution in [0.1, 0.15) is 195 Å². The highest BCUT2D eigenvalue weighted by molar-refractivity contribution is 4.79. The molecule has 0 heteroatoms. The second-order valence-corrected chi connectivity index (χ2v) is 11.6. The Morgan fingerprint density at radius 3 is 1.16 bits per heavy atom. The van der Waals surface area contributed by atoms with Crippen molar-refractivity contribution in [2.45, 2.75) is 195 Å². The minimum absolute atomic E-state index is 0.607. The molecule has 0 nitrogen and oxygen atoms in total. The van der Waals surface area contributed by atoms with Crippen LogP contribution in [0.2, 0.25) is 0 Å². The van der Waals surface area contributed by atoms with E-state index in [1.807, 2.05) is 0 Å². The zero-order valence-corrected chi connectivity index (χ0v) is 23.8. The van der Waals surface area contributed by atoms with Gasteiger partial charge in [0.25, 0.3) is 0 Å². The fourth-order valence-corrected chi connectivity index (χ4v) is 5.76. The third kappa shape index (κ3) is 20.6. The molecule has 0 saturated carbocycles. The van der Waals surface area contributed by atoms with Crippen LogP contribution in [-0.4, -0.2) is 0 Å². The second kappa shape index (κ2) is 24.1. The van der Waals surface area contributed by atoms with Crippen LogP contribution in [0.5, 0.6) is 0 Å². The molecule has 0 aromatic rings. The van der Waals surface area contributed by atoms with Crippen molar-refractivity contribution in [3.63, 3.8) is 0 Å². The lowest BCUT2D eigenvalue weighted by Gasteiger charge is -2.34. The van der Waals surface area contributed by atoms with Crippen LogP contribution in [0.4, 0.5) is 0 Å². The number of hydrogen-bond donors (Lipinski definition) is 0. The van der Waals surface area contributed by atoms with E-state index in [2.05, 4.69) is 34.6 Å². The molecule has 0 spiro atoms. The average molecular weight is 451 g/mol. The van der Waals surface area contributed by atoms with Gasteiger partial charge in [-0.15, -0.1) is 0 Å². The number of unbranched alkanes of at least 4 members (excludes halogenated alkanes) is 16. The van der Waals surface area contributed by atoms with Crippen molar-refractivity contribution in [2.24, 2.45) is 11.3 Å². The van der Waals surface area contributed by atoms with Crippen LogP contribution in [0.3, 0.4) is 0 Å². The first kappa shape index (κ1) is 32.0. The highest BCUT2D eigenvalue weighted by Crippen LogP contribution is 2.40. The Balaban J connectivity index is 4.71. The quantitative estimate of drug-likeness (QED) is 0.115. The van der Waals surface area contributed by atoms with Crippen molar-refractivity contribution in [3.05, 3.63) is 0 Å². The predicted octanol–water partition coefficient (Wildman–Crippen LogP) is 12.4. The first-order chi connectivity index (χ1) is 15.6. The van der Waals surface area contributed by atoms with Gasteiger partial charge in [-0.1, -0.05) is 176 Å². The van der Waals surface area contributed by atoms with Gasteiger partial charge >= 0.3 is 0 Å². The van der Waals surface area contributed by atoms with Crippen molar-refractivity contribution < 1.29 is 0 Å². The summed E-state index contributed by atoms with van der Waals surface area (Å²) in [6.45, 7) is 12.0. The summed E-state index contributed by atoms with van der Waals surface area (Å²) in [5.74, 6) is 0.995. The summed E-state index contributed by atoms with van der Waals surface area (Å²) in [4.78, 5) is 0. The van der Waals surface area contributed by atoms with Crippen molar-refractivity contribution in [1.29, 1.82) is 0 Å². The van der Waals surface area contributed by atoms with Gasteiger partial charge in [-0.3, -0.25) is 0 Å². The minimum atomic E-state index is 0.607. The third-order valence-electron chi connectivity index (χ3n) is 7.98. The summed E-state index contributed by atoms with van der Waals surface area (Å²) >= 11 is 0. The number of hydrogen-bond acceptors (Lipinski definition) is 0. The number of rotatable bonds is 26. The van der Waals surface area contributed by atoms with Gasteiger partial charge in [0.1, 0.15) is 0 Å². The molecule has 2 atom stereocenters. The van der Waals surface area contributed by atoms with E-state index in [1.54, 1.807) is 0 Å². The Hall–Kier alpha value is 0. The summed E-state index contributed by atoms with van der Waals surface area (Å²) < 4.78 is 0. The van der Waals surface area contributed by atoms with Gasteiger partial charge < -0.3 is 0 Å². The van der Waals surface area contributed by atoms with Gasteiger partial charge in [0, 0.05) is 0 Å². The molecule has 0 bridgehead atoms. The van der Waals surface area contributed by atoms with E-state index in [-0.39, 0.29) is 0 Å². The maximum absolute atomic E-state index is 2.69. The van der Waals surface area contributed by atoms with Crippen molar-refractivity contribution in [3.8, 4) is 0 Å². The molecule has 0 aromatic heterocycles. The lowest BCUT2D eigenvalue weighted by molar-refractivity contribution is 0.175. The Labute approximate surface area is 206 Å². The molecule has 2 unspecified atom stereocenters. The lowest BCUT2D eigenvalue weighted by atomic mass is 9.71. The zero-order valence-electron chi connectivity index (χ0n) is 23.8. The average Bonchev–Trinajstić information content (AvgIpc) is 2.79. The smallest absolute Gasteiger partial charge is 0.0323 e. The van der Waals surface area contributed by atoms with Gasteiger partial charge in [-0.2, -0.15) is 0 Å². The largest absolute Gasteiger partial charge is 0.0654 e. The Bertz CT molecular complexity index is 346. The molecule has 32 heavy (non-hydrogen) atoms. The molecule has 194 valence electrons. The molecule has 0 saturated heterocycles. The zero-order chi connectivity index (χ0) is 23.8. The van der Waals surface area contributed by atoms with Gasteiger partial charge in [0.2, 0.25) is 0 Å². The summed E-state index contributed by atoms with van der Waals surface area (Å²) in [6.07, 6.45) is 36.4. The van der Waals surface area contributed by atoms with E-state index in [9.17, 15) is 0 Å². The van der Waals surface area contributed by atoms with E-state index in [4.69, 9.17) is 0 Å². The summed E-state index contributed by atoms with van der Waals surface area (Å²) in [6, 6.07) is 0. The standard InChI is InChI=1S/C32H66/c1-6-10-14-18-20-23-27-31(26-22-16-12-8-3)30-32(5,28-24-17-13-9-4)29-25-21-19-15-11-7-2/h31H,6-30H2,1-5H3. The molecule has 0 aromatic carbocycles. The molecular formula is C32H66. The first-order valence-electron chi connectivity index (χ1n) is 15.6. The fourth-order valence-electron chi connectivity index (χ4n) is 5.76. The molecule has 0 fully saturated rings. The molecule has 0 heterocycles. The van der Waals surface area contributed by atoms with E-state index in [1.165, 1.54) is 161 Å². The van der Waals surface area contributed by atoms with Crippen LogP contribution in [-0.2, 0) is 0 Å². The minimum Gasteiger partial charge on any atom is -0.0654 e. The molecule has 0 aliphatic carbocycles. The molecule has 0 aliphatic heterocycles. The third-order valence-corrected chi connectivity index (χ3v) is 7.98. The van der Waals surface area contributed by atoms with Crippen molar-refractivity contribution >= 4 is 0 Å². The van der Waals surface area contributed by atoms with E-state index >= 15 is 0 Å². The maximum Gasteiger partial charge on any atom is -0.0323 e. The monoisotopic (exact) mass is 451 g/mol. The molecule has 0 rings (SSSR count). The van der Waals surface area contributed by atoms with Crippen LogP contribution in [0.25, 0.3) is 0 Å². The van der Waals surface area contributed by atoms with E-state index < -0.39 is 0 Å². The Morgan fingerprint density at radius 1 is 0.406 bits per heavy atom. The van der Waals surface area contributed by atoms with Crippen LogP contribution in [0, 0.1) is 11.3 Å². The normalized spacial score (nSPS) is 14.5. The predicted molar refractivity (Wildman–Crippen MR) is 150 cm³/mol. The molecule has 0 N–H and O–H groups in total. The van der Waals surface area contributed by atoms with Gasteiger partial charge in [0.15, 0.2) is 0 Å². The Kier molecular flexibility index (Phi) is 24.1. The fraction of sp³-hybridized carbons (Fsp3) is 1.00. The summed E-state index contributed by atoms with van der Waals surface area (Å²) in [5.41, 5.74) is 0.607. The molecule has 0 aliphatic rings. The summed E-state index contributed by atoms with van der Waals surface area (Å²) in [5, 5.41) is 0. The highest BCUT2D eigenvalue weighted by Gasteiger charge is 2.27. The lowest BCUT2D eigenvalue weighted by Crippen LogP contribution is -2.21. The van der Waals surface area contributed by atoms with Crippen molar-refractivity contribution in [1.82, 2.24) is 0 Å². The topological polar surface area (TPSA) is 0 Å². The maximum atomic E-state index is 2.69. The molecule has 0 radical (unpaired) electrons. The van der Waals surface area contributed by atoms with E-state index in [0.29, 0.717) is 5.41 Å². The van der Waals surface area contributed by atoms with Crippen LogP contribution < -0.4 is 0 Å². The molecular weight excluding hydrogens is 384 g/mol. The van der Waals surface area contributed by atoms with Gasteiger partial charge in [-0.05, 0) is 30.6 Å². The first-order valence-corrected chi connectivity index (χ1v) is 15.6. The van der Waals surface area contributed by atoms with Crippen LogP contribution in [0.15, 0.2) is 0 Å². The Morgan fingerprint density at radius 2 is 0.719 bits per heavy atom.